The van der Waals surface area contributed by atoms with Gasteiger partial charge in [0.15, 0.2) is 0 Å². The Hall–Kier alpha value is -8.18. The van der Waals surface area contributed by atoms with E-state index in [4.69, 9.17) is 47.4 Å². The van der Waals surface area contributed by atoms with E-state index in [0.29, 0.717) is 59.3 Å². The summed E-state index contributed by atoms with van der Waals surface area (Å²) in [6, 6.07) is 0. The molecule has 2 rings (SSSR count). The molecule has 0 aromatic rings. The first-order valence-corrected chi connectivity index (χ1v) is 34.1. The van der Waals surface area contributed by atoms with Gasteiger partial charge in [-0.05, 0) is 119 Å². The van der Waals surface area contributed by atoms with Crippen molar-refractivity contribution in [2.24, 2.45) is 50.7 Å². The minimum Gasteiger partial charge on any atom is -0.465 e. The van der Waals surface area contributed by atoms with E-state index in [9.17, 15) is 67.1 Å². The molecule has 0 amide bonds. The van der Waals surface area contributed by atoms with Gasteiger partial charge in [0.1, 0.15) is 79.8 Å². The maximum atomic E-state index is 11.7. The van der Waals surface area contributed by atoms with Crippen molar-refractivity contribution in [2.45, 2.75) is 248 Å². The molecule has 2 saturated carbocycles. The molecule has 0 bridgehead atoms. The van der Waals surface area contributed by atoms with Crippen molar-refractivity contribution in [2.75, 3.05) is 39.6 Å². The number of rotatable bonds is 35. The fraction of sp³-hybridized carbons (Fsp3) is 0.667. The summed E-state index contributed by atoms with van der Waals surface area (Å²) in [4.78, 5) is 158. The Labute approximate surface area is 606 Å². The summed E-state index contributed by atoms with van der Waals surface area (Å²) in [7, 11) is 0. The van der Waals surface area contributed by atoms with E-state index >= 15 is 0 Å². The van der Waals surface area contributed by atoms with E-state index in [1.807, 2.05) is 90.0 Å². The van der Waals surface area contributed by atoms with Gasteiger partial charge in [-0.1, -0.05) is 142 Å². The quantitative estimate of drug-likeness (QED) is 0.0187. The van der Waals surface area contributed by atoms with Gasteiger partial charge in [0.25, 0.3) is 0 Å². The number of hydrogen-bond donors (Lipinski definition) is 0. The summed E-state index contributed by atoms with van der Waals surface area (Å²) in [5.41, 5.74) is -0.100. The second kappa shape index (κ2) is 45.7. The fourth-order valence-corrected chi connectivity index (χ4v) is 10.7. The van der Waals surface area contributed by atoms with Crippen molar-refractivity contribution in [1.82, 2.24) is 0 Å². The number of carbonyl (C=O) groups is 14. The van der Waals surface area contributed by atoms with E-state index in [1.54, 1.807) is 48.5 Å². The first-order chi connectivity index (χ1) is 46.4. The highest BCUT2D eigenvalue weighted by atomic mass is 16.6. The molecular formula is C78H122O24. The minimum atomic E-state index is -0.568. The smallest absolute Gasteiger partial charge is 0.333 e. The van der Waals surface area contributed by atoms with Gasteiger partial charge in [-0.15, -0.1) is 0 Å². The third-order valence-electron chi connectivity index (χ3n) is 15.5. The number of Topliss-reactive ketones (excluding diaryl/α,β-unsaturated/α-hetero) is 4. The summed E-state index contributed by atoms with van der Waals surface area (Å²) in [6.07, 6.45) is 1.69. The second-order valence-corrected chi connectivity index (χ2v) is 30.9. The molecule has 102 heavy (non-hydrogen) atoms. The maximum absolute atomic E-state index is 11.7. The molecule has 24 heteroatoms. The first-order valence-electron chi connectivity index (χ1n) is 34.1. The molecule has 2 aliphatic carbocycles. The Morgan fingerprint density at radius 3 is 1.01 bits per heavy atom. The van der Waals surface area contributed by atoms with Gasteiger partial charge in [0.05, 0.1) is 39.5 Å². The summed E-state index contributed by atoms with van der Waals surface area (Å²) in [5.74, 6) is -4.65. The molecule has 0 aliphatic heterocycles. The van der Waals surface area contributed by atoms with Crippen LogP contribution < -0.4 is 0 Å². The Morgan fingerprint density at radius 2 is 0.647 bits per heavy atom. The average molecular weight is 1440 g/mol. The molecule has 2 unspecified atom stereocenters. The third kappa shape index (κ3) is 41.1. The van der Waals surface area contributed by atoms with Gasteiger partial charge in [0, 0.05) is 54.9 Å². The van der Waals surface area contributed by atoms with Crippen LogP contribution in [0.4, 0.5) is 0 Å². The molecule has 0 radical (unpaired) electrons. The zero-order valence-corrected chi connectivity index (χ0v) is 65.8. The molecule has 0 N–H and O–H groups in total. The third-order valence-corrected chi connectivity index (χ3v) is 15.5. The van der Waals surface area contributed by atoms with Crippen molar-refractivity contribution in [3.8, 4) is 0 Å². The van der Waals surface area contributed by atoms with Gasteiger partial charge in [-0.3, -0.25) is 43.2 Å². The van der Waals surface area contributed by atoms with Gasteiger partial charge in [-0.2, -0.15) is 0 Å². The number of esters is 10. The predicted octanol–water partition coefficient (Wildman–Crippen LogP) is 12.9. The fourth-order valence-electron chi connectivity index (χ4n) is 10.7. The summed E-state index contributed by atoms with van der Waals surface area (Å²) in [5, 5.41) is 0. The predicted molar refractivity (Wildman–Crippen MR) is 384 cm³/mol. The summed E-state index contributed by atoms with van der Waals surface area (Å²) < 4.78 is 52.4. The zero-order chi connectivity index (χ0) is 80.3. The van der Waals surface area contributed by atoms with Crippen LogP contribution in [0.15, 0.2) is 72.9 Å². The van der Waals surface area contributed by atoms with Crippen LogP contribution in [0.2, 0.25) is 0 Å². The van der Waals surface area contributed by atoms with Crippen LogP contribution in [0, 0.1) is 50.7 Å². The molecule has 578 valence electrons. The average Bonchev–Trinajstić information content (AvgIpc) is 0.710. The lowest BCUT2D eigenvalue weighted by atomic mass is 9.51. The van der Waals surface area contributed by atoms with E-state index < -0.39 is 93.1 Å². The molecule has 0 aromatic heterocycles. The monoisotopic (exact) mass is 1440 g/mol. The lowest BCUT2D eigenvalue weighted by molar-refractivity contribution is -0.266. The number of ether oxygens (including phenoxy) is 10. The number of ketones is 4. The normalized spacial score (nSPS) is 16.8. The van der Waals surface area contributed by atoms with Crippen LogP contribution in [-0.4, -0.2) is 147 Å². The Bertz CT molecular complexity index is 2920. The van der Waals surface area contributed by atoms with Gasteiger partial charge >= 0.3 is 59.7 Å². The first kappa shape index (κ1) is 98.0. The van der Waals surface area contributed by atoms with Crippen LogP contribution in [0.25, 0.3) is 0 Å². The molecular weight excluding hydrogens is 1320 g/mol. The summed E-state index contributed by atoms with van der Waals surface area (Å²) >= 11 is 0. The maximum Gasteiger partial charge on any atom is 0.333 e. The van der Waals surface area contributed by atoms with Crippen molar-refractivity contribution < 1.29 is 114 Å². The van der Waals surface area contributed by atoms with Crippen LogP contribution in [0.5, 0.6) is 0 Å². The highest BCUT2D eigenvalue weighted by molar-refractivity contribution is 5.96. The largest absolute Gasteiger partial charge is 0.465 e. The molecule has 0 heterocycles. The van der Waals surface area contributed by atoms with Gasteiger partial charge < -0.3 is 47.4 Å². The Kier molecular flexibility index (Phi) is 43.9. The van der Waals surface area contributed by atoms with Crippen LogP contribution in [0.3, 0.4) is 0 Å². The summed E-state index contributed by atoms with van der Waals surface area (Å²) in [6.45, 7) is 64.0. The molecule has 0 saturated heterocycles. The molecule has 0 spiro atoms. The molecule has 2 atom stereocenters. The zero-order valence-electron chi connectivity index (χ0n) is 65.8. The molecule has 2 fully saturated rings. The molecule has 2 aliphatic rings. The van der Waals surface area contributed by atoms with E-state index in [0.717, 1.165) is 31.3 Å². The van der Waals surface area contributed by atoms with Crippen molar-refractivity contribution in [3.05, 3.63) is 72.9 Å². The van der Waals surface area contributed by atoms with Crippen molar-refractivity contribution in [3.63, 3.8) is 0 Å². The van der Waals surface area contributed by atoms with Crippen LogP contribution in [-0.2, 0) is 114 Å². The Balaban J connectivity index is -0.00000120. The number of hydrogen-bond acceptors (Lipinski definition) is 24. The Morgan fingerprint density at radius 1 is 0.353 bits per heavy atom. The van der Waals surface area contributed by atoms with Crippen molar-refractivity contribution in [1.29, 1.82) is 0 Å². The van der Waals surface area contributed by atoms with Gasteiger partial charge in [0.2, 0.25) is 0 Å². The van der Waals surface area contributed by atoms with E-state index in [1.165, 1.54) is 27.7 Å². The topological polar surface area (TPSA) is 331 Å². The minimum absolute atomic E-state index is 0.0273. The lowest BCUT2D eigenvalue weighted by Gasteiger charge is -2.61. The second-order valence-electron chi connectivity index (χ2n) is 30.9. The molecule has 24 nitrogen and oxygen atoms in total. The van der Waals surface area contributed by atoms with E-state index in [2.05, 4.69) is 39.5 Å². The highest BCUT2D eigenvalue weighted by Crippen LogP contribution is 2.57. The highest BCUT2D eigenvalue weighted by Gasteiger charge is 2.66. The number of carbonyl (C=O) groups excluding carboxylic acids is 14. The van der Waals surface area contributed by atoms with Crippen LogP contribution >= 0.6 is 0 Å². The van der Waals surface area contributed by atoms with Gasteiger partial charge in [-0.25, -0.2) is 24.0 Å². The standard InChI is InChI=1S/C17H26O4.C16H24O5.2C16H26O5.C13H20O5/c1-12(2)9-16(18)20-10-14-5-7-15(8-6-14)11-21-17(19)13(3)4;1-9(2)12(19)21-14-15(4,5)13(16(14,6)7)20-11(18)8-10(3)17;1-10(2)14(21-13(18)8-12(5)17)16(6,7)9-20-15(19)11(3)4;1-10(2)14(21-15(19)11(3)4)16(6,7)9-20-13(18)8-12(5)17;1-9(2)12(16)18-8-13(4,5)7-17-11(15)6-10(3)14/h14-15H,1,3,5-11H2,2,4H3;13-14H,1,8H2,2-7H3;2*10,14H,3,8-9H2,1-2,4-7H3;1,6-8H2,2-5H3. The van der Waals surface area contributed by atoms with E-state index in [-0.39, 0.29) is 105 Å². The molecule has 0 aromatic carbocycles. The van der Waals surface area contributed by atoms with Crippen molar-refractivity contribution >= 4 is 82.8 Å². The SMILES string of the molecule is C=C(C)C(=O)OC(C(C)C)C(C)(C)COC(=O)CC(C)=O.C=C(C)C(=O)OC1C(C)(C)C(OC(=O)CC(C)=O)C1(C)C.C=C(C)C(=O)OCC(C)(C)C(OC(=O)CC(C)=O)C(C)C.C=C(C)C(=O)OCC(C)(C)COC(=O)CC(C)=O.C=C(C)CC(=O)OCC1CCC(COC(=O)C(=C)C)CC1. The lowest BCUT2D eigenvalue weighted by Crippen LogP contribution is -2.69. The van der Waals surface area contributed by atoms with Crippen LogP contribution in [0.1, 0.15) is 224 Å².